The van der Waals surface area contributed by atoms with Crippen LogP contribution in [0.5, 0.6) is 0 Å². The van der Waals surface area contributed by atoms with Crippen LogP contribution < -0.4 is 10.6 Å². The van der Waals surface area contributed by atoms with Crippen molar-refractivity contribution in [2.75, 3.05) is 0 Å². The number of carbonyl (C=O) groups is 1. The van der Waals surface area contributed by atoms with Crippen LogP contribution in [0.2, 0.25) is 0 Å². The Morgan fingerprint density at radius 3 is 2.88 bits per heavy atom. The van der Waals surface area contributed by atoms with Crippen molar-refractivity contribution in [3.63, 3.8) is 0 Å². The Balaban J connectivity index is 2.83. The second-order valence-electron chi connectivity index (χ2n) is 3.18. The van der Waals surface area contributed by atoms with E-state index in [0.29, 0.717) is 5.22 Å². The predicted octanol–water partition coefficient (Wildman–Crippen LogP) is -0.530. The van der Waals surface area contributed by atoms with Crippen LogP contribution >= 0.6 is 0 Å². The molecule has 0 bridgehead atoms. The van der Waals surface area contributed by atoms with Crippen molar-refractivity contribution in [2.24, 2.45) is 4.99 Å². The molecule has 1 aromatic carbocycles. The van der Waals surface area contributed by atoms with E-state index >= 15 is 0 Å². The Labute approximate surface area is 89.3 Å². The van der Waals surface area contributed by atoms with E-state index in [2.05, 4.69) is 4.99 Å². The third-order valence-electron chi connectivity index (χ3n) is 2.19. The molecule has 1 aliphatic heterocycles. The first kappa shape index (κ1) is 9.98. The number of non-ortho nitro benzene ring substituents is 1. The standard InChI is InChI=1S/C10H5N3O3/c11-5-7-9(14)4-6-2-1-3-8(13(15)16)10(6)12-7/h1-4,7H. The Hall–Kier alpha value is -2.55. The maximum atomic E-state index is 11.3. The van der Waals surface area contributed by atoms with Crippen LogP contribution in [0.4, 0.5) is 5.69 Å². The quantitative estimate of drug-likeness (QED) is 0.464. The highest BCUT2D eigenvalue weighted by Crippen LogP contribution is 2.03. The first-order chi connectivity index (χ1) is 7.63. The second-order valence-corrected chi connectivity index (χ2v) is 3.18. The molecule has 0 spiro atoms. The zero-order valence-corrected chi connectivity index (χ0v) is 7.95. The number of benzene rings is 1. The molecule has 1 aliphatic rings. The van der Waals surface area contributed by atoms with Gasteiger partial charge in [0.25, 0.3) is 5.69 Å². The van der Waals surface area contributed by atoms with Crippen LogP contribution in [0.1, 0.15) is 0 Å². The molecule has 16 heavy (non-hydrogen) atoms. The molecule has 0 saturated carbocycles. The van der Waals surface area contributed by atoms with Gasteiger partial charge in [0.05, 0.1) is 11.0 Å². The van der Waals surface area contributed by atoms with E-state index in [9.17, 15) is 14.9 Å². The maximum absolute atomic E-state index is 11.3. The highest BCUT2D eigenvalue weighted by atomic mass is 16.6. The molecule has 1 unspecified atom stereocenters. The van der Waals surface area contributed by atoms with Crippen LogP contribution in [-0.2, 0) is 4.79 Å². The lowest BCUT2D eigenvalue weighted by atomic mass is 10.1. The number of carbonyl (C=O) groups excluding carboxylic acids is 1. The van der Waals surface area contributed by atoms with Crippen LogP contribution in [0.15, 0.2) is 23.2 Å². The molecule has 0 radical (unpaired) electrons. The number of ketones is 1. The number of nitrogens with zero attached hydrogens (tertiary/aromatic N) is 3. The van der Waals surface area contributed by atoms with Crippen LogP contribution in [0.3, 0.4) is 0 Å². The molecular weight excluding hydrogens is 210 g/mol. The molecule has 0 saturated heterocycles. The van der Waals surface area contributed by atoms with Gasteiger partial charge in [0.2, 0.25) is 0 Å². The lowest BCUT2D eigenvalue weighted by Gasteiger charge is -2.04. The summed E-state index contributed by atoms with van der Waals surface area (Å²) in [6.07, 6.45) is 1.21. The summed E-state index contributed by atoms with van der Waals surface area (Å²) in [5.41, 5.74) is -0.193. The summed E-state index contributed by atoms with van der Waals surface area (Å²) in [5.74, 6) is -0.449. The van der Waals surface area contributed by atoms with Gasteiger partial charge in [0.15, 0.2) is 11.8 Å². The molecule has 0 aliphatic carbocycles. The van der Waals surface area contributed by atoms with Crippen molar-refractivity contribution >= 4 is 17.5 Å². The molecule has 2 rings (SSSR count). The number of nitro benzene ring substituents is 1. The number of para-hydroxylation sites is 1. The van der Waals surface area contributed by atoms with Crippen molar-refractivity contribution in [1.82, 2.24) is 0 Å². The van der Waals surface area contributed by atoms with Gasteiger partial charge in [-0.3, -0.25) is 19.9 Å². The highest BCUT2D eigenvalue weighted by molar-refractivity contribution is 6.11. The summed E-state index contributed by atoms with van der Waals surface area (Å²) >= 11 is 0. The molecule has 1 aromatic rings. The molecule has 78 valence electrons. The number of nitro groups is 1. The Morgan fingerprint density at radius 2 is 2.25 bits per heavy atom. The topological polar surface area (TPSA) is 96.4 Å². The van der Waals surface area contributed by atoms with E-state index in [0.717, 1.165) is 0 Å². The minimum atomic E-state index is -1.17. The third-order valence-corrected chi connectivity index (χ3v) is 2.19. The number of fused-ring (bicyclic) bond motifs is 1. The van der Waals surface area contributed by atoms with Crippen LogP contribution in [0, 0.1) is 21.4 Å². The lowest BCUT2D eigenvalue weighted by Crippen LogP contribution is -2.36. The summed E-state index contributed by atoms with van der Waals surface area (Å²) < 4.78 is 0. The normalized spacial score (nSPS) is 17.7. The minimum Gasteiger partial charge on any atom is -0.291 e. The number of nitriles is 1. The fourth-order valence-electron chi connectivity index (χ4n) is 1.47. The molecule has 1 atom stereocenters. The van der Waals surface area contributed by atoms with Gasteiger partial charge in [-0.25, -0.2) is 0 Å². The number of hydrogen-bond donors (Lipinski definition) is 0. The molecule has 0 fully saturated rings. The average molecular weight is 215 g/mol. The van der Waals surface area contributed by atoms with Crippen molar-refractivity contribution in [3.8, 4) is 6.07 Å². The number of hydrogen-bond acceptors (Lipinski definition) is 5. The van der Waals surface area contributed by atoms with E-state index in [4.69, 9.17) is 5.26 Å². The third kappa shape index (κ3) is 1.44. The average Bonchev–Trinajstić information content (AvgIpc) is 2.26. The Kier molecular flexibility index (Phi) is 2.21. The Morgan fingerprint density at radius 1 is 1.50 bits per heavy atom. The van der Waals surface area contributed by atoms with Crippen molar-refractivity contribution in [1.29, 1.82) is 5.26 Å². The van der Waals surface area contributed by atoms with Crippen molar-refractivity contribution in [2.45, 2.75) is 6.04 Å². The smallest absolute Gasteiger partial charge is 0.291 e. The molecule has 0 amide bonds. The molecule has 1 heterocycles. The summed E-state index contributed by atoms with van der Waals surface area (Å²) in [7, 11) is 0. The minimum absolute atomic E-state index is 0.0960. The number of rotatable bonds is 1. The number of Topliss-reactive ketones (excluding diaryl/α,β-unsaturated/α-hetero) is 1. The summed E-state index contributed by atoms with van der Waals surface area (Å²) in [6.45, 7) is 0. The Bertz CT molecular complexity index is 642. The van der Waals surface area contributed by atoms with Gasteiger partial charge in [0.1, 0.15) is 5.36 Å². The van der Waals surface area contributed by atoms with Gasteiger partial charge in [-0.15, -0.1) is 0 Å². The van der Waals surface area contributed by atoms with Gasteiger partial charge in [-0.1, -0.05) is 12.1 Å². The van der Waals surface area contributed by atoms with E-state index in [1.807, 2.05) is 0 Å². The van der Waals surface area contributed by atoms with Gasteiger partial charge in [0, 0.05) is 11.3 Å². The molecule has 6 heteroatoms. The van der Waals surface area contributed by atoms with Crippen molar-refractivity contribution < 1.29 is 9.72 Å². The van der Waals surface area contributed by atoms with Gasteiger partial charge in [-0.05, 0) is 6.08 Å². The maximum Gasteiger partial charge on any atom is 0.295 e. The monoisotopic (exact) mass is 215 g/mol. The first-order valence-electron chi connectivity index (χ1n) is 4.40. The van der Waals surface area contributed by atoms with Gasteiger partial charge >= 0.3 is 0 Å². The molecule has 0 aromatic heterocycles. The second kappa shape index (κ2) is 3.55. The van der Waals surface area contributed by atoms with Gasteiger partial charge < -0.3 is 0 Å². The lowest BCUT2D eigenvalue weighted by molar-refractivity contribution is -0.386. The predicted molar refractivity (Wildman–Crippen MR) is 52.8 cm³/mol. The van der Waals surface area contributed by atoms with E-state index in [1.165, 1.54) is 18.2 Å². The zero-order valence-electron chi connectivity index (χ0n) is 7.95. The van der Waals surface area contributed by atoms with Gasteiger partial charge in [-0.2, -0.15) is 5.26 Å². The van der Waals surface area contributed by atoms with Crippen LogP contribution in [-0.4, -0.2) is 16.7 Å². The van der Waals surface area contributed by atoms with E-state index in [1.54, 1.807) is 12.1 Å². The zero-order chi connectivity index (χ0) is 11.7. The molecular formula is C10H5N3O3. The van der Waals surface area contributed by atoms with Crippen LogP contribution in [0.25, 0.3) is 6.08 Å². The first-order valence-corrected chi connectivity index (χ1v) is 4.40. The highest BCUT2D eigenvalue weighted by Gasteiger charge is 2.21. The molecule has 0 N–H and O–H groups in total. The summed E-state index contributed by atoms with van der Waals surface area (Å²) in [6, 6.07) is 4.84. The van der Waals surface area contributed by atoms with Crippen molar-refractivity contribution in [3.05, 3.63) is 38.9 Å². The molecule has 6 nitrogen and oxygen atoms in total. The largest absolute Gasteiger partial charge is 0.295 e. The fraction of sp³-hybridized carbons (Fsp3) is 0.100. The summed E-state index contributed by atoms with van der Waals surface area (Å²) in [4.78, 5) is 25.2. The fourth-order valence-corrected chi connectivity index (χ4v) is 1.47. The summed E-state index contributed by atoms with van der Waals surface area (Å²) in [5, 5.41) is 19.9. The van der Waals surface area contributed by atoms with E-state index in [-0.39, 0.29) is 11.0 Å². The van der Waals surface area contributed by atoms with E-state index < -0.39 is 16.7 Å². The SMILES string of the molecule is N#CC1N=c2c([N+](=O)[O-])cccc2=CC1=O.